The van der Waals surface area contributed by atoms with Crippen molar-refractivity contribution in [3.05, 3.63) is 192 Å². The summed E-state index contributed by atoms with van der Waals surface area (Å²) in [6, 6.07) is 54.0. The number of hydrogen-bond acceptors (Lipinski definition) is 1. The van der Waals surface area contributed by atoms with E-state index in [1.54, 1.807) is 0 Å². The Balaban J connectivity index is 1.38. The summed E-state index contributed by atoms with van der Waals surface area (Å²) in [6.07, 6.45) is 9.66. The molecule has 0 aliphatic heterocycles. The molecule has 0 unspecified atom stereocenters. The molecular weight excluding hydrogens is 643 g/mol. The third-order valence-corrected chi connectivity index (χ3v) is 10.1. The predicted molar refractivity (Wildman–Crippen MR) is 228 cm³/mol. The van der Waals surface area contributed by atoms with Crippen LogP contribution in [0.4, 0.5) is 0 Å². The lowest BCUT2D eigenvalue weighted by atomic mass is 9.87. The molecule has 0 radical (unpaired) electrons. The van der Waals surface area contributed by atoms with E-state index >= 15 is 0 Å². The molecule has 7 aromatic rings. The van der Waals surface area contributed by atoms with Gasteiger partial charge < -0.3 is 0 Å². The van der Waals surface area contributed by atoms with E-state index in [0.717, 1.165) is 41.5 Å². The summed E-state index contributed by atoms with van der Waals surface area (Å²) in [5, 5.41) is 4.88. The Morgan fingerprint density at radius 1 is 0.585 bits per heavy atom. The minimum absolute atomic E-state index is 0.527. The molecule has 0 heterocycles. The summed E-state index contributed by atoms with van der Waals surface area (Å²) in [5.74, 6) is 1.18. The first kappa shape index (κ1) is 33.7. The van der Waals surface area contributed by atoms with E-state index in [1.165, 1.54) is 54.9 Å². The third kappa shape index (κ3) is 7.07. The van der Waals surface area contributed by atoms with Gasteiger partial charge in [-0.3, -0.25) is 4.99 Å². The Kier molecular flexibility index (Phi) is 9.80. The van der Waals surface area contributed by atoms with Gasteiger partial charge in [-0.1, -0.05) is 159 Å². The first-order chi connectivity index (χ1) is 26.2. The predicted octanol–water partition coefficient (Wildman–Crippen LogP) is 12.7. The first-order valence-corrected chi connectivity index (χ1v) is 18.4. The van der Waals surface area contributed by atoms with Crippen LogP contribution in [0.2, 0.25) is 0 Å². The molecule has 1 aliphatic rings. The van der Waals surface area contributed by atoms with Crippen LogP contribution in [0.25, 0.3) is 54.9 Å². The molecule has 0 fully saturated rings. The van der Waals surface area contributed by atoms with Crippen LogP contribution in [0.1, 0.15) is 36.5 Å². The van der Waals surface area contributed by atoms with Gasteiger partial charge in [0.15, 0.2) is 11.7 Å². The van der Waals surface area contributed by atoms with Crippen molar-refractivity contribution in [1.29, 1.82) is 0 Å². The maximum Gasteiger partial charge on any atom is 0.161 e. The van der Waals surface area contributed by atoms with Crippen molar-refractivity contribution in [3.8, 4) is 33.4 Å². The second-order valence-electron chi connectivity index (χ2n) is 13.4. The van der Waals surface area contributed by atoms with E-state index in [2.05, 4.69) is 158 Å². The lowest BCUT2D eigenvalue weighted by Gasteiger charge is -2.18. The zero-order valence-corrected chi connectivity index (χ0v) is 30.0. The molecule has 256 valence electrons. The van der Waals surface area contributed by atoms with Crippen molar-refractivity contribution < 1.29 is 0 Å². The van der Waals surface area contributed by atoms with Crippen molar-refractivity contribution in [3.63, 3.8) is 0 Å². The average Bonchev–Trinajstić information content (AvgIpc) is 3.23. The fourth-order valence-corrected chi connectivity index (χ4v) is 7.39. The quantitative estimate of drug-likeness (QED) is 0.113. The van der Waals surface area contributed by atoms with Gasteiger partial charge in [0.05, 0.1) is 6.54 Å². The number of aliphatic imine (C=N–C) groups is 3. The Labute approximate surface area is 312 Å². The maximum atomic E-state index is 5.25. The summed E-state index contributed by atoms with van der Waals surface area (Å²) in [6.45, 7) is 6.69. The van der Waals surface area contributed by atoms with Crippen LogP contribution in [0.15, 0.2) is 190 Å². The van der Waals surface area contributed by atoms with Crippen LogP contribution in [0.3, 0.4) is 0 Å². The van der Waals surface area contributed by atoms with Crippen LogP contribution in [0, 0.1) is 0 Å². The van der Waals surface area contributed by atoms with Gasteiger partial charge in [0.1, 0.15) is 0 Å². The highest BCUT2D eigenvalue weighted by molar-refractivity contribution is 6.16. The summed E-state index contributed by atoms with van der Waals surface area (Å²) in [5.41, 5.74) is 11.4. The van der Waals surface area contributed by atoms with E-state index in [4.69, 9.17) is 9.98 Å². The highest BCUT2D eigenvalue weighted by Gasteiger charge is 2.19. The van der Waals surface area contributed by atoms with Gasteiger partial charge in [0, 0.05) is 11.1 Å². The molecule has 0 saturated heterocycles. The number of allylic oxidation sites excluding steroid dienone is 2. The molecule has 3 heteroatoms. The molecule has 1 aliphatic carbocycles. The molecule has 0 amide bonds. The molecular formula is C50H41N3. The van der Waals surface area contributed by atoms with Crippen molar-refractivity contribution in [2.75, 3.05) is 6.54 Å². The molecule has 7 aromatic carbocycles. The lowest BCUT2D eigenvalue weighted by Crippen LogP contribution is -2.08. The molecule has 53 heavy (non-hydrogen) atoms. The molecule has 8 rings (SSSR count). The van der Waals surface area contributed by atoms with Gasteiger partial charge in [-0.25, -0.2) is 9.98 Å². The number of aryl methyl sites for hydroxylation is 1. The van der Waals surface area contributed by atoms with Gasteiger partial charge in [0.25, 0.3) is 0 Å². The highest BCUT2D eigenvalue weighted by Crippen LogP contribution is 2.39. The standard InChI is InChI=1S/C50H41N3/c1-3-36-31-39-23-13-14-24-40(39)32-47(36)48-33-41(43-30-29-42(37-19-9-5-10-20-37)44-25-15-16-26-45(43)44)27-28-46(48)50(52-34-35-17-7-4-8-18-35)53-49(51-2)38-21-11-6-12-22-38/h5-7,9-33H,2-4,8,34H2,1H3. The van der Waals surface area contributed by atoms with Crippen molar-refractivity contribution in [2.45, 2.75) is 26.2 Å². The van der Waals surface area contributed by atoms with Gasteiger partial charge in [-0.2, -0.15) is 0 Å². The smallest absolute Gasteiger partial charge is 0.161 e. The Morgan fingerprint density at radius 3 is 1.92 bits per heavy atom. The number of rotatable bonds is 8. The number of nitrogens with zero attached hydrogens (tertiary/aromatic N) is 3. The summed E-state index contributed by atoms with van der Waals surface area (Å²) in [4.78, 5) is 14.9. The van der Waals surface area contributed by atoms with Crippen LogP contribution in [-0.4, -0.2) is 24.9 Å². The van der Waals surface area contributed by atoms with Crippen LogP contribution in [-0.2, 0) is 6.42 Å². The molecule has 0 bridgehead atoms. The molecule has 3 nitrogen and oxygen atoms in total. The van der Waals surface area contributed by atoms with Crippen LogP contribution in [0.5, 0.6) is 0 Å². The average molecular weight is 684 g/mol. The van der Waals surface area contributed by atoms with Crippen molar-refractivity contribution in [2.24, 2.45) is 15.0 Å². The summed E-state index contributed by atoms with van der Waals surface area (Å²) >= 11 is 0. The zero-order valence-electron chi connectivity index (χ0n) is 30.0. The van der Waals surface area contributed by atoms with Gasteiger partial charge >= 0.3 is 0 Å². The number of hydrogen-bond donors (Lipinski definition) is 0. The normalized spacial score (nSPS) is 13.3. The first-order valence-electron chi connectivity index (χ1n) is 18.4. The summed E-state index contributed by atoms with van der Waals surface area (Å²) in [7, 11) is 0. The second-order valence-corrected chi connectivity index (χ2v) is 13.4. The van der Waals surface area contributed by atoms with E-state index in [9.17, 15) is 0 Å². The van der Waals surface area contributed by atoms with E-state index in [-0.39, 0.29) is 0 Å². The second kappa shape index (κ2) is 15.4. The van der Waals surface area contributed by atoms with Crippen LogP contribution < -0.4 is 0 Å². The molecule has 0 N–H and O–H groups in total. The highest BCUT2D eigenvalue weighted by atomic mass is 15.0. The molecule has 0 spiro atoms. The fraction of sp³-hybridized carbons (Fsp3) is 0.100. The van der Waals surface area contributed by atoms with Gasteiger partial charge in [-0.05, 0) is 110 Å². The van der Waals surface area contributed by atoms with E-state index in [1.807, 2.05) is 30.3 Å². The SMILES string of the molecule is C=NC(=NC(=NCC1=CCCC=C1)c1ccc(-c2ccc(-c3ccccc3)c3ccccc23)cc1-c1cc2ccccc2cc1CC)c1ccccc1. The Bertz CT molecular complexity index is 2570. The monoisotopic (exact) mass is 683 g/mol. The largest absolute Gasteiger partial charge is 0.261 e. The van der Waals surface area contributed by atoms with E-state index < -0.39 is 0 Å². The molecule has 0 aromatic heterocycles. The number of amidine groups is 2. The lowest BCUT2D eigenvalue weighted by molar-refractivity contribution is 0.994. The zero-order chi connectivity index (χ0) is 36.0. The van der Waals surface area contributed by atoms with Crippen molar-refractivity contribution >= 4 is 39.9 Å². The number of fused-ring (bicyclic) bond motifs is 2. The van der Waals surface area contributed by atoms with Gasteiger partial charge in [-0.15, -0.1) is 0 Å². The Hall–Kier alpha value is -6.45. The van der Waals surface area contributed by atoms with E-state index in [0.29, 0.717) is 18.2 Å². The summed E-state index contributed by atoms with van der Waals surface area (Å²) < 4.78 is 0. The molecule has 0 atom stereocenters. The van der Waals surface area contributed by atoms with Gasteiger partial charge in [0.2, 0.25) is 0 Å². The van der Waals surface area contributed by atoms with Crippen molar-refractivity contribution in [1.82, 2.24) is 0 Å². The minimum Gasteiger partial charge on any atom is -0.261 e. The maximum absolute atomic E-state index is 5.25. The third-order valence-electron chi connectivity index (χ3n) is 10.1. The number of benzene rings is 7. The molecule has 0 saturated carbocycles. The minimum atomic E-state index is 0.527. The topological polar surface area (TPSA) is 37.1 Å². The Morgan fingerprint density at radius 2 is 1.25 bits per heavy atom. The fourth-order valence-electron chi connectivity index (χ4n) is 7.39. The van der Waals surface area contributed by atoms with Crippen LogP contribution >= 0.6 is 0 Å².